The van der Waals surface area contributed by atoms with Crippen molar-refractivity contribution in [1.82, 2.24) is 20.4 Å². The van der Waals surface area contributed by atoms with Crippen LogP contribution in [0.4, 0.5) is 0 Å². The van der Waals surface area contributed by atoms with Gasteiger partial charge in [-0.1, -0.05) is 13.3 Å². The molecule has 0 aliphatic carbocycles. The smallest absolute Gasteiger partial charge is 0.166 e. The van der Waals surface area contributed by atoms with Gasteiger partial charge in [0.1, 0.15) is 0 Å². The molecule has 5 heteroatoms. The van der Waals surface area contributed by atoms with Gasteiger partial charge in [-0.25, -0.2) is 0 Å². The summed E-state index contributed by atoms with van der Waals surface area (Å²) < 4.78 is 2.03. The minimum Gasteiger partial charge on any atom is -0.363 e. The summed E-state index contributed by atoms with van der Waals surface area (Å²) in [5, 5.41) is 11.7. The van der Waals surface area contributed by atoms with Gasteiger partial charge in [0.25, 0.3) is 0 Å². The predicted molar refractivity (Wildman–Crippen MR) is 79.7 cm³/mol. The molecule has 0 atom stereocenters. The maximum atomic E-state index is 5.24. The number of aryl methyl sites for hydroxylation is 2. The fourth-order valence-electron chi connectivity index (χ4n) is 1.91. The van der Waals surface area contributed by atoms with E-state index in [1.54, 1.807) is 0 Å². The third-order valence-electron chi connectivity index (χ3n) is 3.07. The van der Waals surface area contributed by atoms with Crippen LogP contribution >= 0.6 is 12.2 Å². The molecule has 4 nitrogen and oxygen atoms in total. The molecule has 102 valence electrons. The maximum absolute atomic E-state index is 5.24. The van der Waals surface area contributed by atoms with Crippen molar-refractivity contribution in [2.75, 3.05) is 6.54 Å². The van der Waals surface area contributed by atoms with Crippen LogP contribution in [-0.2, 0) is 13.1 Å². The van der Waals surface area contributed by atoms with Gasteiger partial charge >= 0.3 is 0 Å². The fraction of sp³-hybridized carbons (Fsp3) is 0.692. The molecule has 18 heavy (non-hydrogen) atoms. The third-order valence-corrected chi connectivity index (χ3v) is 3.36. The third kappa shape index (κ3) is 3.98. The number of thiocarbonyl (C=S) groups is 1. The molecule has 0 bridgehead atoms. The zero-order valence-corrected chi connectivity index (χ0v) is 12.7. The van der Waals surface area contributed by atoms with Gasteiger partial charge in [0.2, 0.25) is 0 Å². The molecule has 1 aromatic heterocycles. The van der Waals surface area contributed by atoms with Crippen LogP contribution in [0.3, 0.4) is 0 Å². The molecule has 0 radical (unpaired) electrons. The first-order valence-electron chi connectivity index (χ1n) is 6.64. The summed E-state index contributed by atoms with van der Waals surface area (Å²) in [6.07, 6.45) is 2.32. The van der Waals surface area contributed by atoms with E-state index < -0.39 is 0 Å². The fourth-order valence-corrected chi connectivity index (χ4v) is 2.08. The summed E-state index contributed by atoms with van der Waals surface area (Å²) in [6.45, 7) is 11.0. The van der Waals surface area contributed by atoms with Crippen molar-refractivity contribution in [2.45, 2.75) is 53.6 Å². The first-order chi connectivity index (χ1) is 8.60. The summed E-state index contributed by atoms with van der Waals surface area (Å²) in [7, 11) is 0. The van der Waals surface area contributed by atoms with E-state index >= 15 is 0 Å². The number of hydrogen-bond acceptors (Lipinski definition) is 2. The van der Waals surface area contributed by atoms with Crippen LogP contribution in [-0.4, -0.2) is 21.4 Å². The number of nitrogens with one attached hydrogen (secondary N) is 2. The second kappa shape index (κ2) is 7.36. The van der Waals surface area contributed by atoms with Crippen LogP contribution < -0.4 is 10.6 Å². The normalized spacial score (nSPS) is 10.4. The Morgan fingerprint density at radius 3 is 2.56 bits per heavy atom. The van der Waals surface area contributed by atoms with E-state index in [0.29, 0.717) is 0 Å². The number of nitrogens with zero attached hydrogens (tertiary/aromatic N) is 2. The van der Waals surface area contributed by atoms with Crippen molar-refractivity contribution >= 4 is 17.3 Å². The SMILES string of the molecule is CCCCNC(=S)NCc1c(C)nn(CC)c1C. The zero-order chi connectivity index (χ0) is 13.5. The van der Waals surface area contributed by atoms with Crippen LogP contribution in [0.2, 0.25) is 0 Å². The highest BCUT2D eigenvalue weighted by atomic mass is 32.1. The number of hydrogen-bond donors (Lipinski definition) is 2. The van der Waals surface area contributed by atoms with E-state index in [4.69, 9.17) is 12.2 Å². The van der Waals surface area contributed by atoms with Gasteiger partial charge in [-0.05, 0) is 39.4 Å². The van der Waals surface area contributed by atoms with Gasteiger partial charge in [-0.3, -0.25) is 4.68 Å². The highest BCUT2D eigenvalue weighted by Gasteiger charge is 2.10. The monoisotopic (exact) mass is 268 g/mol. The van der Waals surface area contributed by atoms with Crippen molar-refractivity contribution in [1.29, 1.82) is 0 Å². The Kier molecular flexibility index (Phi) is 6.12. The average Bonchev–Trinajstić information content (AvgIpc) is 2.62. The van der Waals surface area contributed by atoms with Gasteiger partial charge in [-0.2, -0.15) is 5.10 Å². The average molecular weight is 268 g/mol. The first-order valence-corrected chi connectivity index (χ1v) is 7.05. The number of unbranched alkanes of at least 4 members (excludes halogenated alkanes) is 1. The van der Waals surface area contributed by atoms with E-state index in [2.05, 4.69) is 36.5 Å². The zero-order valence-electron chi connectivity index (χ0n) is 11.8. The molecule has 0 amide bonds. The highest BCUT2D eigenvalue weighted by Crippen LogP contribution is 2.12. The van der Waals surface area contributed by atoms with Crippen LogP contribution in [0.1, 0.15) is 43.6 Å². The molecule has 0 fully saturated rings. The van der Waals surface area contributed by atoms with Crippen molar-refractivity contribution in [3.63, 3.8) is 0 Å². The van der Waals surface area contributed by atoms with Crippen molar-refractivity contribution in [3.05, 3.63) is 17.0 Å². The van der Waals surface area contributed by atoms with Gasteiger partial charge < -0.3 is 10.6 Å². The molecule has 1 aromatic rings. The summed E-state index contributed by atoms with van der Waals surface area (Å²) >= 11 is 5.24. The summed E-state index contributed by atoms with van der Waals surface area (Å²) in [5.41, 5.74) is 3.55. The quantitative estimate of drug-likeness (QED) is 0.613. The van der Waals surface area contributed by atoms with Crippen LogP contribution in [0, 0.1) is 13.8 Å². The standard InChI is InChI=1S/C13H24N4S/c1-5-7-8-14-13(18)15-9-12-10(3)16-17(6-2)11(12)4/h5-9H2,1-4H3,(H2,14,15,18). The van der Waals surface area contributed by atoms with E-state index in [9.17, 15) is 0 Å². The first kappa shape index (κ1) is 15.0. The van der Waals surface area contributed by atoms with E-state index in [0.717, 1.165) is 36.9 Å². The van der Waals surface area contributed by atoms with E-state index in [-0.39, 0.29) is 0 Å². The van der Waals surface area contributed by atoms with Gasteiger partial charge in [0, 0.05) is 30.9 Å². The lowest BCUT2D eigenvalue weighted by molar-refractivity contribution is 0.633. The van der Waals surface area contributed by atoms with Crippen molar-refractivity contribution in [2.24, 2.45) is 0 Å². The largest absolute Gasteiger partial charge is 0.363 e. The molecular formula is C13H24N4S. The minimum atomic E-state index is 0.728. The molecule has 1 rings (SSSR count). The van der Waals surface area contributed by atoms with E-state index in [1.165, 1.54) is 17.7 Å². The summed E-state index contributed by atoms with van der Waals surface area (Å²) in [6, 6.07) is 0. The van der Waals surface area contributed by atoms with Crippen LogP contribution in [0.15, 0.2) is 0 Å². The molecular weight excluding hydrogens is 244 g/mol. The minimum absolute atomic E-state index is 0.728. The van der Waals surface area contributed by atoms with Gasteiger partial charge in [0.15, 0.2) is 5.11 Å². The lowest BCUT2D eigenvalue weighted by atomic mass is 10.2. The van der Waals surface area contributed by atoms with Crippen LogP contribution in [0.5, 0.6) is 0 Å². The highest BCUT2D eigenvalue weighted by molar-refractivity contribution is 7.80. The Bertz CT molecular complexity index is 398. The Morgan fingerprint density at radius 1 is 1.28 bits per heavy atom. The second-order valence-corrected chi connectivity index (χ2v) is 4.84. The molecule has 0 saturated heterocycles. The molecule has 0 aliphatic rings. The van der Waals surface area contributed by atoms with Crippen LogP contribution in [0.25, 0.3) is 0 Å². The Labute approximate surface area is 115 Å². The molecule has 0 aromatic carbocycles. The molecule has 1 heterocycles. The topological polar surface area (TPSA) is 41.9 Å². The molecule has 0 aliphatic heterocycles. The lowest BCUT2D eigenvalue weighted by Crippen LogP contribution is -2.35. The maximum Gasteiger partial charge on any atom is 0.166 e. The number of rotatable bonds is 6. The summed E-state index contributed by atoms with van der Waals surface area (Å²) in [5.74, 6) is 0. The Morgan fingerprint density at radius 2 is 2.00 bits per heavy atom. The van der Waals surface area contributed by atoms with Crippen molar-refractivity contribution in [3.8, 4) is 0 Å². The molecule has 0 unspecified atom stereocenters. The van der Waals surface area contributed by atoms with Gasteiger partial charge in [0.05, 0.1) is 5.69 Å². The second-order valence-electron chi connectivity index (χ2n) is 4.43. The van der Waals surface area contributed by atoms with Crippen molar-refractivity contribution < 1.29 is 0 Å². The van der Waals surface area contributed by atoms with Gasteiger partial charge in [-0.15, -0.1) is 0 Å². The van der Waals surface area contributed by atoms with E-state index in [1.807, 2.05) is 11.6 Å². The molecule has 0 saturated carbocycles. The Hall–Kier alpha value is -1.10. The number of aromatic nitrogens is 2. The Balaban J connectivity index is 2.48. The predicted octanol–water partition coefficient (Wildman–Crippen LogP) is 2.28. The lowest BCUT2D eigenvalue weighted by Gasteiger charge is -2.10. The molecule has 2 N–H and O–H groups in total. The molecule has 0 spiro atoms. The summed E-state index contributed by atoms with van der Waals surface area (Å²) in [4.78, 5) is 0.